The molecule has 1 aromatic carbocycles. The van der Waals surface area contributed by atoms with Gasteiger partial charge in [-0.05, 0) is 25.1 Å². The number of hydrogen-bond acceptors (Lipinski definition) is 8. The summed E-state index contributed by atoms with van der Waals surface area (Å²) in [5, 5.41) is 4.64. The van der Waals surface area contributed by atoms with Gasteiger partial charge in [0.1, 0.15) is 11.0 Å². The van der Waals surface area contributed by atoms with Gasteiger partial charge >= 0.3 is 0 Å². The standard InChI is InChI=1S/C23H30Cl2N6O2S/c24-18-4-1-2-5-19(18)30-8-10-31(11-9-30)21-16-20(25)27-23(28-21)34-17-22(32)26-6-3-7-29-12-14-33-15-13-29/h1-2,4-5,16H,3,6-15,17H2,(H,26,32). The van der Waals surface area contributed by atoms with E-state index in [1.807, 2.05) is 24.3 Å². The molecule has 0 unspecified atom stereocenters. The fourth-order valence-corrected chi connectivity index (χ4v) is 5.20. The van der Waals surface area contributed by atoms with E-state index in [9.17, 15) is 4.79 Å². The Labute approximate surface area is 214 Å². The number of anilines is 2. The number of morpholine rings is 1. The largest absolute Gasteiger partial charge is 0.379 e. The molecule has 4 rings (SSSR count). The highest BCUT2D eigenvalue weighted by Gasteiger charge is 2.21. The molecule has 0 bridgehead atoms. The van der Waals surface area contributed by atoms with E-state index in [2.05, 4.69) is 30.0 Å². The summed E-state index contributed by atoms with van der Waals surface area (Å²) < 4.78 is 5.36. The van der Waals surface area contributed by atoms with E-state index in [0.29, 0.717) is 16.9 Å². The fraction of sp³-hybridized carbons (Fsp3) is 0.522. The summed E-state index contributed by atoms with van der Waals surface area (Å²) in [7, 11) is 0. The lowest BCUT2D eigenvalue weighted by atomic mass is 10.2. The van der Waals surface area contributed by atoms with Gasteiger partial charge < -0.3 is 19.9 Å². The van der Waals surface area contributed by atoms with E-state index in [1.165, 1.54) is 11.8 Å². The number of carbonyl (C=O) groups excluding carboxylic acids is 1. The average Bonchev–Trinajstić information content (AvgIpc) is 2.86. The van der Waals surface area contributed by atoms with Crippen LogP contribution in [-0.2, 0) is 9.53 Å². The van der Waals surface area contributed by atoms with Gasteiger partial charge in [-0.1, -0.05) is 47.1 Å². The van der Waals surface area contributed by atoms with Gasteiger partial charge in [-0.2, -0.15) is 0 Å². The van der Waals surface area contributed by atoms with Crippen molar-refractivity contribution >= 4 is 52.4 Å². The second-order valence-corrected chi connectivity index (χ2v) is 9.94. The zero-order valence-corrected chi connectivity index (χ0v) is 21.4. The lowest BCUT2D eigenvalue weighted by molar-refractivity contribution is -0.118. The van der Waals surface area contributed by atoms with E-state index >= 15 is 0 Å². The number of piperazine rings is 1. The Bertz CT molecular complexity index is 955. The van der Waals surface area contributed by atoms with Crippen LogP contribution in [0, 0.1) is 0 Å². The molecule has 2 aliphatic heterocycles. The molecule has 0 radical (unpaired) electrons. The second-order valence-electron chi connectivity index (χ2n) is 8.20. The molecule has 2 aliphatic rings. The van der Waals surface area contributed by atoms with Gasteiger partial charge in [-0.15, -0.1) is 0 Å². The third-order valence-corrected chi connectivity index (χ3v) is 7.23. The van der Waals surface area contributed by atoms with Crippen molar-refractivity contribution in [3.05, 3.63) is 40.5 Å². The predicted molar refractivity (Wildman–Crippen MR) is 139 cm³/mol. The Morgan fingerprint density at radius 1 is 1.03 bits per heavy atom. The molecule has 1 N–H and O–H groups in total. The number of carbonyl (C=O) groups is 1. The molecule has 0 spiro atoms. The minimum Gasteiger partial charge on any atom is -0.379 e. The molecule has 11 heteroatoms. The molecular formula is C23H30Cl2N6O2S. The minimum absolute atomic E-state index is 0.0227. The summed E-state index contributed by atoms with van der Waals surface area (Å²) in [6.07, 6.45) is 0.925. The lowest BCUT2D eigenvalue weighted by Crippen LogP contribution is -2.47. The maximum Gasteiger partial charge on any atom is 0.230 e. The van der Waals surface area contributed by atoms with Crippen molar-refractivity contribution in [2.24, 2.45) is 0 Å². The molecule has 34 heavy (non-hydrogen) atoms. The second kappa shape index (κ2) is 12.8. The number of amides is 1. The van der Waals surface area contributed by atoms with Crippen LogP contribution in [0.15, 0.2) is 35.5 Å². The first kappa shape index (κ1) is 25.3. The highest BCUT2D eigenvalue weighted by molar-refractivity contribution is 7.99. The third kappa shape index (κ3) is 7.36. The van der Waals surface area contributed by atoms with E-state index in [0.717, 1.165) is 82.0 Å². The number of nitrogens with zero attached hydrogens (tertiary/aromatic N) is 5. The van der Waals surface area contributed by atoms with Gasteiger partial charge in [0.05, 0.1) is 29.7 Å². The first-order chi connectivity index (χ1) is 16.6. The quantitative estimate of drug-likeness (QED) is 0.232. The zero-order chi connectivity index (χ0) is 23.8. The van der Waals surface area contributed by atoms with E-state index < -0.39 is 0 Å². The monoisotopic (exact) mass is 524 g/mol. The number of thioether (sulfide) groups is 1. The van der Waals surface area contributed by atoms with Crippen LogP contribution < -0.4 is 15.1 Å². The van der Waals surface area contributed by atoms with Crippen LogP contribution in [0.5, 0.6) is 0 Å². The van der Waals surface area contributed by atoms with Crippen molar-refractivity contribution < 1.29 is 9.53 Å². The Morgan fingerprint density at radius 3 is 2.53 bits per heavy atom. The van der Waals surface area contributed by atoms with E-state index in [-0.39, 0.29) is 11.7 Å². The van der Waals surface area contributed by atoms with E-state index in [4.69, 9.17) is 27.9 Å². The predicted octanol–water partition coefficient (Wildman–Crippen LogP) is 3.04. The Morgan fingerprint density at radius 2 is 1.76 bits per heavy atom. The molecule has 8 nitrogen and oxygen atoms in total. The summed E-state index contributed by atoms with van der Waals surface area (Å²) in [5.74, 6) is 1.02. The highest BCUT2D eigenvalue weighted by Crippen LogP contribution is 2.28. The molecule has 1 aromatic heterocycles. The van der Waals surface area contributed by atoms with Crippen LogP contribution in [0.3, 0.4) is 0 Å². The molecule has 2 fully saturated rings. The smallest absolute Gasteiger partial charge is 0.230 e. The molecule has 0 saturated carbocycles. The van der Waals surface area contributed by atoms with Crippen molar-refractivity contribution in [3.63, 3.8) is 0 Å². The van der Waals surface area contributed by atoms with Crippen molar-refractivity contribution in [1.29, 1.82) is 0 Å². The average molecular weight is 526 g/mol. The SMILES string of the molecule is O=C(CSc1nc(Cl)cc(N2CCN(c3ccccc3Cl)CC2)n1)NCCCN1CCOCC1. The summed E-state index contributed by atoms with van der Waals surface area (Å²) in [6.45, 7) is 8.42. The number of aromatic nitrogens is 2. The molecule has 2 saturated heterocycles. The Kier molecular flexibility index (Phi) is 9.52. The van der Waals surface area contributed by atoms with Crippen molar-refractivity contribution in [2.45, 2.75) is 11.6 Å². The van der Waals surface area contributed by atoms with Crippen molar-refractivity contribution in [2.75, 3.05) is 81.1 Å². The maximum absolute atomic E-state index is 12.3. The molecule has 0 atom stereocenters. The normalized spacial score (nSPS) is 17.1. The Balaban J connectivity index is 1.22. The van der Waals surface area contributed by atoms with Gasteiger partial charge in [0.25, 0.3) is 0 Å². The van der Waals surface area contributed by atoms with Crippen LogP contribution in [0.4, 0.5) is 11.5 Å². The molecule has 2 aromatic rings. The van der Waals surface area contributed by atoms with Crippen molar-refractivity contribution in [3.8, 4) is 0 Å². The summed E-state index contributed by atoms with van der Waals surface area (Å²) in [4.78, 5) is 28.0. The van der Waals surface area contributed by atoms with Crippen LogP contribution in [0.2, 0.25) is 10.2 Å². The number of ether oxygens (including phenoxy) is 1. The minimum atomic E-state index is -0.0227. The number of para-hydroxylation sites is 1. The summed E-state index contributed by atoms with van der Waals surface area (Å²) in [5.41, 5.74) is 1.05. The van der Waals surface area contributed by atoms with Crippen LogP contribution in [0.1, 0.15) is 6.42 Å². The first-order valence-corrected chi connectivity index (χ1v) is 13.3. The van der Waals surface area contributed by atoms with Crippen LogP contribution >= 0.6 is 35.0 Å². The molecule has 1 amide bonds. The number of benzene rings is 1. The Hall–Kier alpha value is -1.78. The third-order valence-electron chi connectivity index (χ3n) is 5.87. The van der Waals surface area contributed by atoms with Crippen LogP contribution in [-0.4, -0.2) is 92.1 Å². The number of hydrogen-bond donors (Lipinski definition) is 1. The summed E-state index contributed by atoms with van der Waals surface area (Å²) >= 11 is 13.9. The molecular weight excluding hydrogens is 495 g/mol. The maximum atomic E-state index is 12.3. The van der Waals surface area contributed by atoms with Gasteiger partial charge in [-0.3, -0.25) is 9.69 Å². The molecule has 3 heterocycles. The number of nitrogens with one attached hydrogen (secondary N) is 1. The highest BCUT2D eigenvalue weighted by atomic mass is 35.5. The van der Waals surface area contributed by atoms with E-state index in [1.54, 1.807) is 6.07 Å². The van der Waals surface area contributed by atoms with Gasteiger partial charge in [0.2, 0.25) is 5.91 Å². The topological polar surface area (TPSA) is 73.8 Å². The molecule has 184 valence electrons. The van der Waals surface area contributed by atoms with Gasteiger partial charge in [0, 0.05) is 51.9 Å². The van der Waals surface area contributed by atoms with Gasteiger partial charge in [-0.25, -0.2) is 9.97 Å². The van der Waals surface area contributed by atoms with Crippen LogP contribution in [0.25, 0.3) is 0 Å². The number of rotatable bonds is 9. The lowest BCUT2D eigenvalue weighted by Gasteiger charge is -2.37. The first-order valence-electron chi connectivity index (χ1n) is 11.6. The summed E-state index contributed by atoms with van der Waals surface area (Å²) in [6, 6.07) is 9.68. The molecule has 0 aliphatic carbocycles. The van der Waals surface area contributed by atoms with Gasteiger partial charge in [0.15, 0.2) is 5.16 Å². The number of halogens is 2. The zero-order valence-electron chi connectivity index (χ0n) is 19.1. The van der Waals surface area contributed by atoms with Crippen molar-refractivity contribution in [1.82, 2.24) is 20.2 Å². The fourth-order valence-electron chi connectivity index (χ4n) is 4.03.